The first kappa shape index (κ1) is 19.6. The molecular weight excluding hydrogens is 356 g/mol. The molecule has 8 nitrogen and oxygen atoms in total. The third-order valence-corrected chi connectivity index (χ3v) is 4.60. The predicted molar refractivity (Wildman–Crippen MR) is 103 cm³/mol. The Morgan fingerprint density at radius 3 is 2.77 bits per heavy atom. The molecule has 0 bridgehead atoms. The first-order valence-corrected chi connectivity index (χ1v) is 9.00. The molecule has 26 heavy (non-hydrogen) atoms. The third kappa shape index (κ3) is 4.92. The Kier molecular flexibility index (Phi) is 6.90. The van der Waals surface area contributed by atoms with Crippen molar-refractivity contribution in [2.24, 2.45) is 5.10 Å². The van der Waals surface area contributed by atoms with Gasteiger partial charge in [0.05, 0.1) is 30.5 Å². The van der Waals surface area contributed by atoms with E-state index in [9.17, 15) is 10.1 Å². The molecule has 0 saturated heterocycles. The van der Waals surface area contributed by atoms with Crippen LogP contribution in [0.1, 0.15) is 35.9 Å². The minimum atomic E-state index is -0.484. The zero-order valence-corrected chi connectivity index (χ0v) is 16.1. The van der Waals surface area contributed by atoms with Crippen LogP contribution in [0.5, 0.6) is 11.5 Å². The molecule has 9 heteroatoms. The zero-order valence-electron chi connectivity index (χ0n) is 15.2. The number of hydrogen-bond acceptors (Lipinski definition) is 8. The SMILES string of the molecule is CCCCOc1c(OC)cc(/C=N\Nc2nc(C)c(C)s2)cc1[N+](=O)[O-]. The first-order chi connectivity index (χ1) is 12.5. The number of anilines is 1. The lowest BCUT2D eigenvalue weighted by Gasteiger charge is -2.11. The van der Waals surface area contributed by atoms with Crippen LogP contribution in [0.2, 0.25) is 0 Å². The number of hydrogen-bond donors (Lipinski definition) is 1. The summed E-state index contributed by atoms with van der Waals surface area (Å²) >= 11 is 1.49. The van der Waals surface area contributed by atoms with Gasteiger partial charge in [0.1, 0.15) is 0 Å². The van der Waals surface area contributed by atoms with Crippen molar-refractivity contribution in [3.05, 3.63) is 38.4 Å². The maximum Gasteiger partial charge on any atom is 0.315 e. The molecule has 0 atom stereocenters. The number of ether oxygens (including phenoxy) is 2. The van der Waals surface area contributed by atoms with Gasteiger partial charge in [-0.05, 0) is 26.3 Å². The van der Waals surface area contributed by atoms with E-state index >= 15 is 0 Å². The topological polar surface area (TPSA) is 98.9 Å². The molecule has 1 aromatic heterocycles. The molecule has 0 amide bonds. The molecular formula is C17H22N4O4S. The summed E-state index contributed by atoms with van der Waals surface area (Å²) in [7, 11) is 1.45. The molecule has 0 radical (unpaired) electrons. The van der Waals surface area contributed by atoms with Gasteiger partial charge in [-0.25, -0.2) is 4.98 Å². The molecule has 0 spiro atoms. The molecule has 2 aromatic rings. The van der Waals surface area contributed by atoms with E-state index in [1.807, 2.05) is 20.8 Å². The van der Waals surface area contributed by atoms with Gasteiger partial charge in [-0.2, -0.15) is 5.10 Å². The Hall–Kier alpha value is -2.68. The largest absolute Gasteiger partial charge is 0.493 e. The predicted octanol–water partition coefficient (Wildman–Crippen LogP) is 4.30. The molecule has 0 aliphatic heterocycles. The smallest absolute Gasteiger partial charge is 0.315 e. The average molecular weight is 378 g/mol. The number of hydrazone groups is 1. The number of aryl methyl sites for hydroxylation is 2. The van der Waals surface area contributed by atoms with Crippen molar-refractivity contribution in [3.63, 3.8) is 0 Å². The molecule has 2 rings (SSSR count). The Morgan fingerprint density at radius 2 is 2.19 bits per heavy atom. The summed E-state index contributed by atoms with van der Waals surface area (Å²) in [4.78, 5) is 16.4. The number of nitrogens with zero attached hydrogens (tertiary/aromatic N) is 3. The highest BCUT2D eigenvalue weighted by atomic mass is 32.1. The summed E-state index contributed by atoms with van der Waals surface area (Å²) in [5.41, 5.74) is 4.15. The Morgan fingerprint density at radius 1 is 1.42 bits per heavy atom. The molecule has 0 saturated carbocycles. The van der Waals surface area contributed by atoms with Gasteiger partial charge in [0, 0.05) is 16.5 Å². The van der Waals surface area contributed by atoms with Crippen molar-refractivity contribution in [2.75, 3.05) is 19.1 Å². The summed E-state index contributed by atoms with van der Waals surface area (Å²) in [6.45, 7) is 6.32. The minimum Gasteiger partial charge on any atom is -0.493 e. The highest BCUT2D eigenvalue weighted by molar-refractivity contribution is 7.15. The minimum absolute atomic E-state index is 0.141. The van der Waals surface area contributed by atoms with Crippen molar-refractivity contribution in [3.8, 4) is 11.5 Å². The monoisotopic (exact) mass is 378 g/mol. The quantitative estimate of drug-likeness (QED) is 0.302. The second-order valence-corrected chi connectivity index (χ2v) is 6.76. The maximum atomic E-state index is 11.4. The Balaban J connectivity index is 2.23. The van der Waals surface area contributed by atoms with E-state index < -0.39 is 4.92 Å². The van der Waals surface area contributed by atoms with Crippen LogP contribution in [-0.2, 0) is 0 Å². The lowest BCUT2D eigenvalue weighted by atomic mass is 10.2. The number of thiazole rings is 1. The van der Waals surface area contributed by atoms with Gasteiger partial charge in [0.15, 0.2) is 5.75 Å². The number of nitro groups is 1. The van der Waals surface area contributed by atoms with E-state index in [2.05, 4.69) is 15.5 Å². The van der Waals surface area contributed by atoms with Gasteiger partial charge < -0.3 is 9.47 Å². The molecule has 0 unspecified atom stereocenters. The second kappa shape index (κ2) is 9.14. The van der Waals surface area contributed by atoms with Crippen molar-refractivity contribution >= 4 is 28.4 Å². The maximum absolute atomic E-state index is 11.4. The number of unbranched alkanes of at least 4 members (excludes halogenated alkanes) is 1. The third-order valence-electron chi connectivity index (χ3n) is 3.62. The first-order valence-electron chi connectivity index (χ1n) is 8.18. The summed E-state index contributed by atoms with van der Waals surface area (Å²) in [6, 6.07) is 3.06. The fraction of sp³-hybridized carbons (Fsp3) is 0.412. The Labute approximate surface area is 156 Å². The van der Waals surface area contributed by atoms with Crippen molar-refractivity contribution in [1.82, 2.24) is 4.98 Å². The standard InChI is InChI=1S/C17H22N4O4S/c1-5-6-7-25-16-14(21(22)23)8-13(9-15(16)24-4)10-18-20-17-19-11(2)12(3)26-17/h8-10H,5-7H2,1-4H3,(H,19,20)/b18-10-. The van der Waals surface area contributed by atoms with Crippen molar-refractivity contribution in [1.29, 1.82) is 0 Å². The van der Waals surface area contributed by atoms with Crippen LogP contribution < -0.4 is 14.9 Å². The summed E-state index contributed by atoms with van der Waals surface area (Å²) in [5.74, 6) is 0.444. The molecule has 0 aliphatic rings. The Bertz CT molecular complexity index is 785. The fourth-order valence-corrected chi connectivity index (χ4v) is 2.88. The van der Waals surface area contributed by atoms with E-state index in [-0.39, 0.29) is 11.4 Å². The number of nitrogens with one attached hydrogen (secondary N) is 1. The molecule has 1 aromatic carbocycles. The molecule has 0 aliphatic carbocycles. The molecule has 1 N–H and O–H groups in total. The highest BCUT2D eigenvalue weighted by Gasteiger charge is 2.22. The normalized spacial score (nSPS) is 10.9. The number of benzene rings is 1. The molecule has 0 fully saturated rings. The number of aromatic nitrogens is 1. The summed E-state index contributed by atoms with van der Waals surface area (Å²) in [6.07, 6.45) is 3.22. The van der Waals surface area contributed by atoms with E-state index in [1.54, 1.807) is 6.07 Å². The van der Waals surface area contributed by atoms with Crippen LogP contribution in [0.25, 0.3) is 0 Å². The van der Waals surface area contributed by atoms with E-state index in [0.29, 0.717) is 23.1 Å². The number of methoxy groups -OCH3 is 1. The zero-order chi connectivity index (χ0) is 19.1. The lowest BCUT2D eigenvalue weighted by Crippen LogP contribution is -2.03. The lowest BCUT2D eigenvalue weighted by molar-refractivity contribution is -0.386. The van der Waals surface area contributed by atoms with E-state index in [1.165, 1.54) is 30.7 Å². The van der Waals surface area contributed by atoms with Crippen LogP contribution in [0.15, 0.2) is 17.2 Å². The van der Waals surface area contributed by atoms with Gasteiger partial charge in [0.25, 0.3) is 0 Å². The van der Waals surface area contributed by atoms with Gasteiger partial charge in [-0.1, -0.05) is 13.3 Å². The van der Waals surface area contributed by atoms with Gasteiger partial charge in [0.2, 0.25) is 10.9 Å². The number of nitro benzene ring substituents is 1. The van der Waals surface area contributed by atoms with Crippen LogP contribution in [-0.4, -0.2) is 29.8 Å². The van der Waals surface area contributed by atoms with Gasteiger partial charge >= 0.3 is 5.69 Å². The van der Waals surface area contributed by atoms with Crippen LogP contribution >= 0.6 is 11.3 Å². The van der Waals surface area contributed by atoms with Crippen LogP contribution in [0.3, 0.4) is 0 Å². The summed E-state index contributed by atoms with van der Waals surface area (Å²) in [5, 5.41) is 16.2. The number of rotatable bonds is 9. The van der Waals surface area contributed by atoms with Crippen molar-refractivity contribution < 1.29 is 14.4 Å². The van der Waals surface area contributed by atoms with E-state index in [4.69, 9.17) is 9.47 Å². The molecule has 140 valence electrons. The van der Waals surface area contributed by atoms with E-state index in [0.717, 1.165) is 23.4 Å². The second-order valence-electron chi connectivity index (χ2n) is 5.56. The van der Waals surface area contributed by atoms with Gasteiger partial charge in [-0.3, -0.25) is 15.5 Å². The average Bonchev–Trinajstić information content (AvgIpc) is 2.93. The van der Waals surface area contributed by atoms with Crippen LogP contribution in [0.4, 0.5) is 10.8 Å². The fourth-order valence-electron chi connectivity index (χ4n) is 2.12. The highest BCUT2D eigenvalue weighted by Crippen LogP contribution is 2.38. The van der Waals surface area contributed by atoms with Crippen LogP contribution in [0, 0.1) is 24.0 Å². The molecule has 1 heterocycles. The van der Waals surface area contributed by atoms with Gasteiger partial charge in [-0.15, -0.1) is 11.3 Å². The summed E-state index contributed by atoms with van der Waals surface area (Å²) < 4.78 is 10.8. The van der Waals surface area contributed by atoms with Crippen molar-refractivity contribution in [2.45, 2.75) is 33.6 Å².